The Hall–Kier alpha value is -4.31. The lowest BCUT2D eigenvalue weighted by atomic mass is 9.94. The highest BCUT2D eigenvalue weighted by Crippen LogP contribution is 2.44. The van der Waals surface area contributed by atoms with E-state index in [-0.39, 0.29) is 52.2 Å². The SMILES string of the molecule is COc1cc(C(=O)Oc2cc(O)cc3c2C[C@H](O)C(c2ccc(O)c(O)c2)O3)cc(OC)c1OC. The minimum atomic E-state index is -1.07. The summed E-state index contributed by atoms with van der Waals surface area (Å²) in [5.41, 5.74) is 0.888. The van der Waals surface area contributed by atoms with Crippen molar-refractivity contribution < 1.29 is 48.9 Å². The first-order chi connectivity index (χ1) is 16.7. The Morgan fingerprint density at radius 2 is 1.57 bits per heavy atom. The first-order valence-corrected chi connectivity index (χ1v) is 10.5. The predicted octanol–water partition coefficient (Wildman–Crippen LogP) is 3.09. The van der Waals surface area contributed by atoms with Crippen LogP contribution in [0, 0.1) is 0 Å². The number of phenolic OH excluding ortho intramolecular Hbond substituents is 3. The van der Waals surface area contributed by atoms with Crippen LogP contribution in [0.3, 0.4) is 0 Å². The highest BCUT2D eigenvalue weighted by molar-refractivity contribution is 5.93. The molecule has 0 fully saturated rings. The normalized spacial score (nSPS) is 16.6. The monoisotopic (exact) mass is 484 g/mol. The van der Waals surface area contributed by atoms with E-state index in [0.717, 1.165) is 0 Å². The molecule has 1 unspecified atom stereocenters. The Balaban J connectivity index is 1.66. The fourth-order valence-electron chi connectivity index (χ4n) is 3.90. The lowest BCUT2D eigenvalue weighted by molar-refractivity contribution is 0.0194. The van der Waals surface area contributed by atoms with E-state index in [0.29, 0.717) is 16.9 Å². The van der Waals surface area contributed by atoms with Gasteiger partial charge < -0.3 is 44.1 Å². The Morgan fingerprint density at radius 3 is 2.17 bits per heavy atom. The van der Waals surface area contributed by atoms with Crippen LogP contribution in [0.25, 0.3) is 0 Å². The molecule has 2 atom stereocenters. The van der Waals surface area contributed by atoms with Gasteiger partial charge in [0, 0.05) is 24.1 Å². The molecule has 0 aromatic heterocycles. The maximum atomic E-state index is 13.0. The van der Waals surface area contributed by atoms with E-state index in [4.69, 9.17) is 23.7 Å². The molecule has 0 saturated carbocycles. The summed E-state index contributed by atoms with van der Waals surface area (Å²) < 4.78 is 27.3. The number of aliphatic hydroxyl groups excluding tert-OH is 1. The second-order valence-electron chi connectivity index (χ2n) is 7.78. The van der Waals surface area contributed by atoms with Crippen molar-refractivity contribution in [3.8, 4) is 46.0 Å². The molecule has 4 rings (SSSR count). The van der Waals surface area contributed by atoms with Gasteiger partial charge in [-0.3, -0.25) is 0 Å². The van der Waals surface area contributed by atoms with Gasteiger partial charge in [-0.15, -0.1) is 0 Å². The Morgan fingerprint density at radius 1 is 0.886 bits per heavy atom. The van der Waals surface area contributed by atoms with Gasteiger partial charge in [0.15, 0.2) is 23.0 Å². The van der Waals surface area contributed by atoms with E-state index >= 15 is 0 Å². The number of hydrogen-bond acceptors (Lipinski definition) is 10. The maximum Gasteiger partial charge on any atom is 0.343 e. The molecule has 0 radical (unpaired) electrons. The van der Waals surface area contributed by atoms with Crippen LogP contribution in [-0.2, 0) is 6.42 Å². The zero-order valence-electron chi connectivity index (χ0n) is 19.1. The van der Waals surface area contributed by atoms with Gasteiger partial charge in [-0.1, -0.05) is 6.07 Å². The standard InChI is InChI=1S/C25H24O10/c1-31-21-7-13(8-22(32-2)24(21)33-3)25(30)35-20-10-14(26)9-19-15(20)11-18(29)23(34-19)12-4-5-16(27)17(28)6-12/h4-10,18,23,26-29H,11H2,1-3H3/t18-,23?/m0/s1. The van der Waals surface area contributed by atoms with Gasteiger partial charge in [0.05, 0.1) is 33.0 Å². The first kappa shape index (κ1) is 23.8. The molecule has 10 heteroatoms. The predicted molar refractivity (Wildman–Crippen MR) is 122 cm³/mol. The van der Waals surface area contributed by atoms with Crippen LogP contribution in [0.2, 0.25) is 0 Å². The number of aliphatic hydroxyl groups is 1. The lowest BCUT2D eigenvalue weighted by Crippen LogP contribution is -2.30. The van der Waals surface area contributed by atoms with Crippen molar-refractivity contribution in [2.45, 2.75) is 18.6 Å². The van der Waals surface area contributed by atoms with Crippen LogP contribution in [0.5, 0.6) is 46.0 Å². The van der Waals surface area contributed by atoms with E-state index in [1.807, 2.05) is 0 Å². The molecular formula is C25H24O10. The lowest BCUT2D eigenvalue weighted by Gasteiger charge is -2.32. The van der Waals surface area contributed by atoms with Gasteiger partial charge in [-0.25, -0.2) is 4.79 Å². The Kier molecular flexibility index (Phi) is 6.48. The number of methoxy groups -OCH3 is 3. The number of phenols is 3. The quantitative estimate of drug-likeness (QED) is 0.234. The van der Waals surface area contributed by atoms with Gasteiger partial charge in [0.25, 0.3) is 0 Å². The second kappa shape index (κ2) is 9.51. The van der Waals surface area contributed by atoms with Crippen LogP contribution in [0.1, 0.15) is 27.6 Å². The molecule has 0 bridgehead atoms. The molecule has 1 aliphatic rings. The third-order valence-corrected chi connectivity index (χ3v) is 5.60. The number of carbonyl (C=O) groups is 1. The van der Waals surface area contributed by atoms with E-state index in [2.05, 4.69) is 0 Å². The minimum absolute atomic E-state index is 0.00445. The summed E-state index contributed by atoms with van der Waals surface area (Å²) in [5, 5.41) is 40.3. The van der Waals surface area contributed by atoms with Crippen molar-refractivity contribution in [3.05, 3.63) is 59.2 Å². The van der Waals surface area contributed by atoms with E-state index in [9.17, 15) is 25.2 Å². The molecule has 35 heavy (non-hydrogen) atoms. The van der Waals surface area contributed by atoms with Gasteiger partial charge in [-0.2, -0.15) is 0 Å². The number of ether oxygens (including phenoxy) is 5. The van der Waals surface area contributed by atoms with Crippen LogP contribution in [0.4, 0.5) is 0 Å². The number of rotatable bonds is 6. The van der Waals surface area contributed by atoms with E-state index in [1.54, 1.807) is 0 Å². The smallest absolute Gasteiger partial charge is 0.343 e. The zero-order chi connectivity index (χ0) is 25.3. The van der Waals surface area contributed by atoms with Gasteiger partial charge in [0.2, 0.25) is 5.75 Å². The number of carbonyl (C=O) groups excluding carboxylic acids is 1. The van der Waals surface area contributed by atoms with E-state index in [1.165, 1.54) is 63.8 Å². The number of aromatic hydroxyl groups is 3. The fraction of sp³-hybridized carbons (Fsp3) is 0.240. The minimum Gasteiger partial charge on any atom is -0.508 e. The van der Waals surface area contributed by atoms with Crippen LogP contribution in [-0.4, -0.2) is 53.8 Å². The maximum absolute atomic E-state index is 13.0. The topological polar surface area (TPSA) is 144 Å². The van der Waals surface area contributed by atoms with Gasteiger partial charge in [0.1, 0.15) is 23.4 Å². The summed E-state index contributed by atoms with van der Waals surface area (Å²) in [6.45, 7) is 0. The van der Waals surface area contributed by atoms with Crippen LogP contribution < -0.4 is 23.7 Å². The molecule has 0 spiro atoms. The molecule has 0 saturated heterocycles. The third kappa shape index (κ3) is 4.56. The van der Waals surface area contributed by atoms with Crippen molar-refractivity contribution >= 4 is 5.97 Å². The Labute approximate surface area is 200 Å². The van der Waals surface area contributed by atoms with Crippen molar-refractivity contribution in [1.82, 2.24) is 0 Å². The van der Waals surface area contributed by atoms with Crippen molar-refractivity contribution in [3.63, 3.8) is 0 Å². The molecule has 184 valence electrons. The highest BCUT2D eigenvalue weighted by Gasteiger charge is 2.33. The van der Waals surface area contributed by atoms with Crippen LogP contribution >= 0.6 is 0 Å². The number of fused-ring (bicyclic) bond motifs is 1. The van der Waals surface area contributed by atoms with Crippen LogP contribution in [0.15, 0.2) is 42.5 Å². The summed E-state index contributed by atoms with van der Waals surface area (Å²) >= 11 is 0. The summed E-state index contributed by atoms with van der Waals surface area (Å²) in [7, 11) is 4.28. The number of benzene rings is 3. The summed E-state index contributed by atoms with van der Waals surface area (Å²) in [6, 6.07) is 9.51. The molecule has 4 N–H and O–H groups in total. The molecule has 10 nitrogen and oxygen atoms in total. The molecule has 1 heterocycles. The summed E-state index contributed by atoms with van der Waals surface area (Å²) in [4.78, 5) is 13.0. The zero-order valence-corrected chi connectivity index (χ0v) is 19.1. The first-order valence-electron chi connectivity index (χ1n) is 10.5. The largest absolute Gasteiger partial charge is 0.508 e. The molecule has 3 aromatic carbocycles. The summed E-state index contributed by atoms with van der Waals surface area (Å²) in [6.07, 6.45) is -1.94. The highest BCUT2D eigenvalue weighted by atomic mass is 16.5. The second-order valence-corrected chi connectivity index (χ2v) is 7.78. The van der Waals surface area contributed by atoms with Gasteiger partial charge >= 0.3 is 5.97 Å². The molecule has 0 amide bonds. The molecular weight excluding hydrogens is 460 g/mol. The number of hydrogen-bond donors (Lipinski definition) is 4. The number of esters is 1. The molecule has 3 aromatic rings. The molecule has 0 aliphatic carbocycles. The fourth-order valence-corrected chi connectivity index (χ4v) is 3.90. The molecule has 1 aliphatic heterocycles. The van der Waals surface area contributed by atoms with Crippen molar-refractivity contribution in [2.24, 2.45) is 0 Å². The summed E-state index contributed by atoms with van der Waals surface area (Å²) in [5.74, 6) is -0.629. The third-order valence-electron chi connectivity index (χ3n) is 5.60. The van der Waals surface area contributed by atoms with Crippen molar-refractivity contribution in [1.29, 1.82) is 0 Å². The average Bonchev–Trinajstić information content (AvgIpc) is 2.84. The van der Waals surface area contributed by atoms with Crippen molar-refractivity contribution in [2.75, 3.05) is 21.3 Å². The Bertz CT molecular complexity index is 1240. The van der Waals surface area contributed by atoms with E-state index < -0.39 is 18.2 Å². The van der Waals surface area contributed by atoms with Gasteiger partial charge in [-0.05, 0) is 29.8 Å². The average molecular weight is 484 g/mol.